The third-order valence-electron chi connectivity index (χ3n) is 2.72. The van der Waals surface area contributed by atoms with Crippen LogP contribution in [-0.4, -0.2) is 28.3 Å². The van der Waals surface area contributed by atoms with Gasteiger partial charge in [0.15, 0.2) is 0 Å². The Balaban J connectivity index is 1.80. The molecule has 0 spiro atoms. The molecule has 6 heteroatoms. The zero-order valence-corrected chi connectivity index (χ0v) is 9.35. The molecule has 1 aromatic rings. The van der Waals surface area contributed by atoms with E-state index in [9.17, 15) is 9.59 Å². The molecule has 1 saturated heterocycles. The van der Waals surface area contributed by atoms with Gasteiger partial charge in [-0.05, 0) is 12.5 Å². The summed E-state index contributed by atoms with van der Waals surface area (Å²) in [5, 5.41) is 5.49. The number of carbonyl (C=O) groups excluding carboxylic acids is 2. The zero-order valence-electron chi connectivity index (χ0n) is 9.35. The second-order valence-electron chi connectivity index (χ2n) is 3.96. The van der Waals surface area contributed by atoms with Gasteiger partial charge in [-0.15, -0.1) is 0 Å². The van der Waals surface area contributed by atoms with E-state index in [0.29, 0.717) is 25.9 Å². The number of nitrogens with one attached hydrogen (secondary N) is 2. The smallest absolute Gasteiger partial charge is 0.225 e. The van der Waals surface area contributed by atoms with Crippen LogP contribution in [0.25, 0.3) is 0 Å². The summed E-state index contributed by atoms with van der Waals surface area (Å²) in [6, 6.07) is 1.75. The molecule has 0 aromatic carbocycles. The number of rotatable bonds is 3. The lowest BCUT2D eigenvalue weighted by Crippen LogP contribution is -2.42. The fraction of sp³-hybridized carbons (Fsp3) is 0.455. The summed E-state index contributed by atoms with van der Waals surface area (Å²) >= 11 is 0. The average Bonchev–Trinajstić information content (AvgIpc) is 2.38. The van der Waals surface area contributed by atoms with Gasteiger partial charge in [-0.1, -0.05) is 0 Å². The van der Waals surface area contributed by atoms with Crippen LogP contribution < -0.4 is 10.6 Å². The van der Waals surface area contributed by atoms with Crippen LogP contribution in [-0.2, 0) is 16.1 Å². The Morgan fingerprint density at radius 1 is 1.59 bits per heavy atom. The van der Waals surface area contributed by atoms with Gasteiger partial charge in [0.25, 0.3) is 0 Å². The van der Waals surface area contributed by atoms with E-state index in [2.05, 4.69) is 20.6 Å². The van der Waals surface area contributed by atoms with Gasteiger partial charge in [-0.25, -0.2) is 9.97 Å². The molecule has 0 aliphatic carbocycles. The van der Waals surface area contributed by atoms with Crippen molar-refractivity contribution in [2.75, 3.05) is 6.54 Å². The number of amides is 2. The van der Waals surface area contributed by atoms with E-state index in [0.717, 1.165) is 5.69 Å². The van der Waals surface area contributed by atoms with Gasteiger partial charge in [0.1, 0.15) is 6.33 Å². The Labute approximate surface area is 98.8 Å². The van der Waals surface area contributed by atoms with Crippen LogP contribution >= 0.6 is 0 Å². The second kappa shape index (κ2) is 5.38. The van der Waals surface area contributed by atoms with E-state index in [1.54, 1.807) is 12.3 Å². The maximum absolute atomic E-state index is 11.8. The monoisotopic (exact) mass is 234 g/mol. The molecule has 2 rings (SSSR count). The van der Waals surface area contributed by atoms with Crippen LogP contribution in [0.4, 0.5) is 0 Å². The minimum atomic E-state index is -0.130. The third kappa shape index (κ3) is 3.24. The van der Waals surface area contributed by atoms with Crippen molar-refractivity contribution in [1.82, 2.24) is 20.6 Å². The number of nitrogens with zero attached hydrogens (tertiary/aromatic N) is 2. The van der Waals surface area contributed by atoms with Crippen LogP contribution in [0.3, 0.4) is 0 Å². The van der Waals surface area contributed by atoms with Crippen LogP contribution in [0.15, 0.2) is 18.6 Å². The molecule has 0 radical (unpaired) electrons. The Morgan fingerprint density at radius 3 is 3.12 bits per heavy atom. The summed E-state index contributed by atoms with van der Waals surface area (Å²) in [5.41, 5.74) is 0.771. The van der Waals surface area contributed by atoms with E-state index in [4.69, 9.17) is 0 Å². The molecule has 1 atom stereocenters. The number of piperidine rings is 1. The van der Waals surface area contributed by atoms with Crippen LogP contribution in [0, 0.1) is 5.92 Å². The van der Waals surface area contributed by atoms with Gasteiger partial charge in [0, 0.05) is 19.2 Å². The first-order chi connectivity index (χ1) is 8.25. The normalized spacial score (nSPS) is 19.5. The first-order valence-corrected chi connectivity index (χ1v) is 5.55. The lowest BCUT2D eigenvalue weighted by Gasteiger charge is -2.21. The summed E-state index contributed by atoms with van der Waals surface area (Å²) in [6.07, 6.45) is 4.12. The molecule has 0 saturated carbocycles. The Hall–Kier alpha value is -1.98. The predicted molar refractivity (Wildman–Crippen MR) is 59.6 cm³/mol. The van der Waals surface area contributed by atoms with E-state index < -0.39 is 0 Å². The standard InChI is InChI=1S/C11H14N4O2/c16-10-2-1-8(5-13-10)11(17)14-6-9-3-4-12-7-15-9/h3-4,7-8H,1-2,5-6H2,(H,13,16)(H,14,17). The molecule has 0 bridgehead atoms. The van der Waals surface area contributed by atoms with Gasteiger partial charge in [0.2, 0.25) is 11.8 Å². The molecule has 17 heavy (non-hydrogen) atoms. The number of carbonyl (C=O) groups is 2. The molecule has 1 aliphatic heterocycles. The molecule has 1 aromatic heterocycles. The van der Waals surface area contributed by atoms with Gasteiger partial charge in [-0.2, -0.15) is 0 Å². The van der Waals surface area contributed by atoms with E-state index in [1.807, 2.05) is 0 Å². The van der Waals surface area contributed by atoms with Crippen molar-refractivity contribution >= 4 is 11.8 Å². The third-order valence-corrected chi connectivity index (χ3v) is 2.72. The molecule has 2 amide bonds. The molecule has 6 nitrogen and oxygen atoms in total. The molecular formula is C11H14N4O2. The molecule has 2 heterocycles. The molecular weight excluding hydrogens is 220 g/mol. The predicted octanol–water partition coefficient (Wildman–Crippen LogP) is -0.381. The van der Waals surface area contributed by atoms with Crippen LogP contribution in [0.5, 0.6) is 0 Å². The topological polar surface area (TPSA) is 84.0 Å². The maximum atomic E-state index is 11.8. The zero-order chi connectivity index (χ0) is 12.1. The summed E-state index contributed by atoms with van der Waals surface area (Å²) in [6.45, 7) is 0.820. The molecule has 1 unspecified atom stereocenters. The number of hydrogen-bond donors (Lipinski definition) is 2. The van der Waals surface area contributed by atoms with E-state index in [-0.39, 0.29) is 17.7 Å². The fourth-order valence-electron chi connectivity index (χ4n) is 1.70. The highest BCUT2D eigenvalue weighted by atomic mass is 16.2. The lowest BCUT2D eigenvalue weighted by molar-refractivity contribution is -0.129. The average molecular weight is 234 g/mol. The van der Waals surface area contributed by atoms with Crippen molar-refractivity contribution < 1.29 is 9.59 Å². The molecule has 1 aliphatic rings. The highest BCUT2D eigenvalue weighted by molar-refractivity contribution is 5.83. The van der Waals surface area contributed by atoms with Crippen molar-refractivity contribution in [3.8, 4) is 0 Å². The summed E-state index contributed by atoms with van der Waals surface area (Å²) in [5.74, 6) is -0.150. The molecule has 90 valence electrons. The maximum Gasteiger partial charge on any atom is 0.225 e. The first kappa shape index (κ1) is 11.5. The Kier molecular flexibility index (Phi) is 3.64. The van der Waals surface area contributed by atoms with Crippen molar-refractivity contribution in [3.05, 3.63) is 24.3 Å². The number of hydrogen-bond acceptors (Lipinski definition) is 4. The van der Waals surface area contributed by atoms with Crippen molar-refractivity contribution in [1.29, 1.82) is 0 Å². The first-order valence-electron chi connectivity index (χ1n) is 5.55. The minimum absolute atomic E-state index is 0.0184. The van der Waals surface area contributed by atoms with Crippen molar-refractivity contribution in [3.63, 3.8) is 0 Å². The van der Waals surface area contributed by atoms with Gasteiger partial charge in [0.05, 0.1) is 18.2 Å². The van der Waals surface area contributed by atoms with Crippen molar-refractivity contribution in [2.24, 2.45) is 5.92 Å². The lowest BCUT2D eigenvalue weighted by atomic mass is 9.98. The Bertz CT molecular complexity index is 397. The van der Waals surface area contributed by atoms with E-state index >= 15 is 0 Å². The van der Waals surface area contributed by atoms with E-state index in [1.165, 1.54) is 6.33 Å². The summed E-state index contributed by atoms with van der Waals surface area (Å²) < 4.78 is 0. The summed E-state index contributed by atoms with van der Waals surface area (Å²) in [7, 11) is 0. The second-order valence-corrected chi connectivity index (χ2v) is 3.96. The highest BCUT2D eigenvalue weighted by Gasteiger charge is 2.23. The van der Waals surface area contributed by atoms with Gasteiger partial charge < -0.3 is 10.6 Å². The molecule has 1 fully saturated rings. The van der Waals surface area contributed by atoms with Gasteiger partial charge >= 0.3 is 0 Å². The minimum Gasteiger partial charge on any atom is -0.355 e. The SMILES string of the molecule is O=C1CCC(C(=O)NCc2ccncn2)CN1. The fourth-order valence-corrected chi connectivity index (χ4v) is 1.70. The number of aromatic nitrogens is 2. The van der Waals surface area contributed by atoms with Crippen molar-refractivity contribution in [2.45, 2.75) is 19.4 Å². The largest absolute Gasteiger partial charge is 0.355 e. The highest BCUT2D eigenvalue weighted by Crippen LogP contribution is 2.10. The van der Waals surface area contributed by atoms with Crippen LogP contribution in [0.2, 0.25) is 0 Å². The van der Waals surface area contributed by atoms with Crippen LogP contribution in [0.1, 0.15) is 18.5 Å². The Morgan fingerprint density at radius 2 is 2.47 bits per heavy atom. The summed E-state index contributed by atoms with van der Waals surface area (Å²) in [4.78, 5) is 30.5. The quantitative estimate of drug-likeness (QED) is 0.746. The molecule has 2 N–H and O–H groups in total. The van der Waals surface area contributed by atoms with Gasteiger partial charge in [-0.3, -0.25) is 9.59 Å².